The summed E-state index contributed by atoms with van der Waals surface area (Å²) in [6, 6.07) is 9.26. The predicted octanol–water partition coefficient (Wildman–Crippen LogP) is 4.40. The van der Waals surface area contributed by atoms with Crippen LogP contribution in [0.15, 0.2) is 30.3 Å². The SMILES string of the molecule is CC(C)(C)[Si](C)(C)OC(C(=O)NCCNC(=O)OCc1ccccc1)C(O[Si](C)(C)C(C)(C)C)C(=O)NCCC(=O)O. The van der Waals surface area contributed by atoms with Gasteiger partial charge in [-0.25, -0.2) is 4.79 Å². The van der Waals surface area contributed by atoms with E-state index in [9.17, 15) is 19.2 Å². The Kier molecular flexibility index (Phi) is 13.9. The van der Waals surface area contributed by atoms with E-state index >= 15 is 0 Å². The number of rotatable bonds is 15. The average Bonchev–Trinajstić information content (AvgIpc) is 2.86. The Morgan fingerprint density at radius 1 is 0.738 bits per heavy atom. The lowest BCUT2D eigenvalue weighted by molar-refractivity contribution is -0.144. The molecule has 1 aromatic rings. The Labute approximate surface area is 252 Å². The molecule has 238 valence electrons. The smallest absolute Gasteiger partial charge is 0.407 e. The number of ether oxygens (including phenoxy) is 1. The molecule has 0 aliphatic heterocycles. The van der Waals surface area contributed by atoms with Crippen molar-refractivity contribution >= 4 is 40.5 Å². The molecule has 0 aliphatic carbocycles. The van der Waals surface area contributed by atoms with Crippen LogP contribution >= 0.6 is 0 Å². The third-order valence-electron chi connectivity index (χ3n) is 7.79. The molecule has 3 amide bonds. The lowest BCUT2D eigenvalue weighted by Gasteiger charge is -2.44. The standard InChI is InChI=1S/C29H51N3O8Si2/c1-28(2,3)41(7,8)39-23(25(35)30-17-16-22(33)34)24(40-42(9,10)29(4,5)6)26(36)31-18-19-32-27(37)38-20-21-14-12-11-13-15-21/h11-15,23-24H,16-20H2,1-10H3,(H,30,35)(H,31,36)(H,32,37)(H,33,34). The first-order chi connectivity index (χ1) is 19.2. The number of benzene rings is 1. The van der Waals surface area contributed by atoms with Gasteiger partial charge >= 0.3 is 12.1 Å². The molecule has 0 fully saturated rings. The third-order valence-corrected chi connectivity index (χ3v) is 16.7. The maximum atomic E-state index is 13.7. The number of hydrogen-bond acceptors (Lipinski definition) is 7. The highest BCUT2D eigenvalue weighted by Gasteiger charge is 2.49. The molecule has 0 aliphatic rings. The maximum Gasteiger partial charge on any atom is 0.407 e. The fourth-order valence-electron chi connectivity index (χ4n) is 3.11. The zero-order valence-electron chi connectivity index (χ0n) is 26.9. The number of carboxylic acids is 1. The number of alkyl carbamates (subject to hydrolysis) is 1. The van der Waals surface area contributed by atoms with Gasteiger partial charge in [0.1, 0.15) is 6.61 Å². The fraction of sp³-hybridized carbons (Fsp3) is 0.655. The maximum absolute atomic E-state index is 13.7. The van der Waals surface area contributed by atoms with E-state index in [4.69, 9.17) is 18.7 Å². The second-order valence-corrected chi connectivity index (χ2v) is 22.8. The van der Waals surface area contributed by atoms with Crippen LogP contribution < -0.4 is 16.0 Å². The summed E-state index contributed by atoms with van der Waals surface area (Å²) in [5, 5.41) is 16.5. The van der Waals surface area contributed by atoms with Crippen molar-refractivity contribution in [3.63, 3.8) is 0 Å². The largest absolute Gasteiger partial charge is 0.481 e. The number of hydrogen-bond donors (Lipinski definition) is 4. The van der Waals surface area contributed by atoms with Crippen LogP contribution in [0, 0.1) is 0 Å². The van der Waals surface area contributed by atoms with Gasteiger partial charge in [0.25, 0.3) is 11.8 Å². The summed E-state index contributed by atoms with van der Waals surface area (Å²) in [6.45, 7) is 20.2. The van der Waals surface area contributed by atoms with Crippen LogP contribution in [0.4, 0.5) is 4.79 Å². The van der Waals surface area contributed by atoms with E-state index in [2.05, 4.69) is 16.0 Å². The van der Waals surface area contributed by atoms with Crippen LogP contribution in [0.1, 0.15) is 53.5 Å². The predicted molar refractivity (Wildman–Crippen MR) is 167 cm³/mol. The summed E-state index contributed by atoms with van der Waals surface area (Å²) in [6.07, 6.45) is -3.50. The van der Waals surface area contributed by atoms with Gasteiger partial charge in [-0.1, -0.05) is 71.9 Å². The molecule has 4 N–H and O–H groups in total. The molecular formula is C29H51N3O8Si2. The molecule has 0 radical (unpaired) electrons. The minimum atomic E-state index is -2.61. The van der Waals surface area contributed by atoms with Gasteiger partial charge in [-0.15, -0.1) is 0 Å². The Morgan fingerprint density at radius 2 is 1.17 bits per heavy atom. The van der Waals surface area contributed by atoms with E-state index in [-0.39, 0.29) is 42.7 Å². The number of carbonyl (C=O) groups is 4. The van der Waals surface area contributed by atoms with E-state index in [0.29, 0.717) is 0 Å². The highest BCUT2D eigenvalue weighted by Crippen LogP contribution is 2.40. The Hall–Kier alpha value is -2.75. The van der Waals surface area contributed by atoms with Gasteiger partial charge in [0.2, 0.25) is 0 Å². The van der Waals surface area contributed by atoms with Gasteiger partial charge < -0.3 is 34.6 Å². The Morgan fingerprint density at radius 3 is 1.60 bits per heavy atom. The molecule has 0 bridgehead atoms. The quantitative estimate of drug-likeness (QED) is 0.165. The van der Waals surface area contributed by atoms with Crippen molar-refractivity contribution in [1.82, 2.24) is 16.0 Å². The molecule has 0 spiro atoms. The molecule has 11 nitrogen and oxygen atoms in total. The molecule has 0 saturated heterocycles. The van der Waals surface area contributed by atoms with Gasteiger partial charge in [0, 0.05) is 19.6 Å². The van der Waals surface area contributed by atoms with E-state index < -0.39 is 52.7 Å². The summed E-state index contributed by atoms with van der Waals surface area (Å²) in [4.78, 5) is 50.3. The Balaban J connectivity index is 3.12. The molecule has 0 heterocycles. The molecule has 0 saturated carbocycles. The summed E-state index contributed by atoms with van der Waals surface area (Å²) in [5.74, 6) is -2.22. The molecule has 2 atom stereocenters. The highest BCUT2D eigenvalue weighted by atomic mass is 28.4. The van der Waals surface area contributed by atoms with Crippen LogP contribution in [0.3, 0.4) is 0 Å². The topological polar surface area (TPSA) is 152 Å². The van der Waals surface area contributed by atoms with Crippen molar-refractivity contribution < 1.29 is 37.9 Å². The number of nitrogens with one attached hydrogen (secondary N) is 3. The lowest BCUT2D eigenvalue weighted by atomic mass is 10.1. The van der Waals surface area contributed by atoms with Crippen molar-refractivity contribution in [3.05, 3.63) is 35.9 Å². The first kappa shape index (κ1) is 37.3. The van der Waals surface area contributed by atoms with E-state index in [1.54, 1.807) is 0 Å². The van der Waals surface area contributed by atoms with Gasteiger partial charge in [-0.05, 0) is 41.8 Å². The summed E-state index contributed by atoms with van der Waals surface area (Å²) < 4.78 is 18.2. The van der Waals surface area contributed by atoms with Crippen molar-refractivity contribution in [3.8, 4) is 0 Å². The highest BCUT2D eigenvalue weighted by molar-refractivity contribution is 6.75. The first-order valence-electron chi connectivity index (χ1n) is 14.3. The van der Waals surface area contributed by atoms with Crippen molar-refractivity contribution in [1.29, 1.82) is 0 Å². The monoisotopic (exact) mass is 625 g/mol. The fourth-order valence-corrected chi connectivity index (χ4v) is 5.55. The third kappa shape index (κ3) is 12.2. The van der Waals surface area contributed by atoms with Crippen LogP contribution in [-0.4, -0.2) is 77.5 Å². The normalized spacial score (nSPS) is 14.0. The number of aliphatic carboxylic acids is 1. The van der Waals surface area contributed by atoms with Gasteiger partial charge in [-0.3, -0.25) is 14.4 Å². The molecule has 2 unspecified atom stereocenters. The van der Waals surface area contributed by atoms with E-state index in [0.717, 1.165) is 5.56 Å². The molecule has 13 heteroatoms. The van der Waals surface area contributed by atoms with E-state index in [1.807, 2.05) is 98.1 Å². The molecule has 1 aromatic carbocycles. The van der Waals surface area contributed by atoms with Gasteiger partial charge in [0.05, 0.1) is 6.42 Å². The average molecular weight is 626 g/mol. The zero-order valence-corrected chi connectivity index (χ0v) is 28.9. The molecular weight excluding hydrogens is 575 g/mol. The summed E-state index contributed by atoms with van der Waals surface area (Å²) >= 11 is 0. The lowest BCUT2D eigenvalue weighted by Crippen LogP contribution is -2.60. The van der Waals surface area contributed by atoms with Crippen LogP contribution in [0.5, 0.6) is 0 Å². The van der Waals surface area contributed by atoms with Crippen molar-refractivity contribution in [2.24, 2.45) is 0 Å². The minimum absolute atomic E-state index is 0.0596. The number of amides is 3. The molecule has 1 rings (SSSR count). The van der Waals surface area contributed by atoms with Gasteiger partial charge in [0.15, 0.2) is 28.8 Å². The zero-order chi connectivity index (χ0) is 32.4. The summed E-state index contributed by atoms with van der Waals surface area (Å²) in [5.41, 5.74) is 0.848. The second-order valence-electron chi connectivity index (χ2n) is 13.3. The Bertz CT molecular complexity index is 1050. The van der Waals surface area contributed by atoms with Crippen molar-refractivity contribution in [2.45, 2.75) is 103 Å². The van der Waals surface area contributed by atoms with E-state index in [1.165, 1.54) is 0 Å². The number of carbonyl (C=O) groups excluding carboxylic acids is 3. The van der Waals surface area contributed by atoms with Crippen LogP contribution in [0.2, 0.25) is 36.3 Å². The molecule has 42 heavy (non-hydrogen) atoms. The summed E-state index contributed by atoms with van der Waals surface area (Å²) in [7, 11) is -5.21. The first-order valence-corrected chi connectivity index (χ1v) is 20.1. The van der Waals surface area contributed by atoms with Crippen LogP contribution in [0.25, 0.3) is 0 Å². The number of carboxylic acid groups (broad SMARTS) is 1. The van der Waals surface area contributed by atoms with Crippen LogP contribution in [-0.2, 0) is 34.6 Å². The second kappa shape index (κ2) is 15.6. The van der Waals surface area contributed by atoms with Gasteiger partial charge in [-0.2, -0.15) is 0 Å². The molecule has 0 aromatic heterocycles. The van der Waals surface area contributed by atoms with Crippen molar-refractivity contribution in [2.75, 3.05) is 19.6 Å². The minimum Gasteiger partial charge on any atom is -0.481 e.